The van der Waals surface area contributed by atoms with Gasteiger partial charge < -0.3 is 11.1 Å². The Bertz CT molecular complexity index is 625. The maximum absolute atomic E-state index is 11.5. The van der Waals surface area contributed by atoms with Crippen molar-refractivity contribution in [1.29, 1.82) is 0 Å². The summed E-state index contributed by atoms with van der Waals surface area (Å²) in [6.07, 6.45) is 2.08. The monoisotopic (exact) mass is 359 g/mol. The predicted molar refractivity (Wildman–Crippen MR) is 95.4 cm³/mol. The van der Waals surface area contributed by atoms with Gasteiger partial charge in [0.2, 0.25) is 5.91 Å². The summed E-state index contributed by atoms with van der Waals surface area (Å²) < 4.78 is 1.80. The molecule has 1 atom stereocenters. The zero-order chi connectivity index (χ0) is 15.4. The van der Waals surface area contributed by atoms with Crippen LogP contribution in [0.3, 0.4) is 0 Å². The number of halogens is 2. The number of carbonyl (C=O) groups excluding carboxylic acids is 1. The van der Waals surface area contributed by atoms with Crippen LogP contribution >= 0.6 is 24.8 Å². The van der Waals surface area contributed by atoms with Gasteiger partial charge in [0.15, 0.2) is 5.82 Å². The molecule has 0 saturated carbocycles. The molecule has 0 spiro atoms. The molecule has 0 radical (unpaired) electrons. The topological polar surface area (TPSA) is 85.8 Å². The molecule has 2 rings (SSSR count). The second-order valence-electron chi connectivity index (χ2n) is 5.32. The lowest BCUT2D eigenvalue weighted by atomic mass is 10.2. The van der Waals surface area contributed by atoms with E-state index in [0.717, 1.165) is 22.8 Å². The summed E-state index contributed by atoms with van der Waals surface area (Å²) in [7, 11) is 0. The van der Waals surface area contributed by atoms with Crippen molar-refractivity contribution in [3.63, 3.8) is 0 Å². The van der Waals surface area contributed by atoms with E-state index in [-0.39, 0.29) is 36.8 Å². The minimum absolute atomic E-state index is 0. The van der Waals surface area contributed by atoms with Crippen LogP contribution in [-0.2, 0) is 11.3 Å². The van der Waals surface area contributed by atoms with Gasteiger partial charge in [-0.15, -0.1) is 24.8 Å². The number of amides is 1. The fourth-order valence-corrected chi connectivity index (χ4v) is 2.07. The third-order valence-corrected chi connectivity index (χ3v) is 3.03. The van der Waals surface area contributed by atoms with Crippen molar-refractivity contribution < 1.29 is 4.79 Å². The van der Waals surface area contributed by atoms with Crippen molar-refractivity contribution in [1.82, 2.24) is 20.1 Å². The molecular formula is C15H23Cl2N5O. The molecule has 0 aliphatic carbocycles. The summed E-state index contributed by atoms with van der Waals surface area (Å²) in [6, 6.07) is 5.71. The molecule has 1 amide bonds. The highest BCUT2D eigenvalue weighted by Crippen LogP contribution is 2.10. The van der Waals surface area contributed by atoms with E-state index in [0.29, 0.717) is 13.0 Å². The van der Waals surface area contributed by atoms with Gasteiger partial charge in [-0.1, -0.05) is 6.07 Å². The third kappa shape index (κ3) is 6.17. The zero-order valence-corrected chi connectivity index (χ0v) is 15.1. The second kappa shape index (κ2) is 9.50. The number of aromatic nitrogens is 3. The van der Waals surface area contributed by atoms with Crippen LogP contribution in [0, 0.1) is 13.8 Å². The van der Waals surface area contributed by atoms with Crippen molar-refractivity contribution in [3.8, 4) is 5.82 Å². The summed E-state index contributed by atoms with van der Waals surface area (Å²) in [6.45, 7) is 6.20. The Morgan fingerprint density at radius 1 is 1.35 bits per heavy atom. The molecule has 0 aliphatic rings. The average Bonchev–Trinajstić information content (AvgIpc) is 2.75. The predicted octanol–water partition coefficient (Wildman–Crippen LogP) is 2.08. The Balaban J connectivity index is 0.00000242. The lowest BCUT2D eigenvalue weighted by Gasteiger charge is -2.08. The number of nitrogens with two attached hydrogens (primary N) is 1. The molecule has 2 heterocycles. The fourth-order valence-electron chi connectivity index (χ4n) is 2.07. The van der Waals surface area contributed by atoms with E-state index in [1.165, 1.54) is 0 Å². The molecule has 0 fully saturated rings. The third-order valence-electron chi connectivity index (χ3n) is 3.03. The van der Waals surface area contributed by atoms with Gasteiger partial charge in [-0.05, 0) is 38.5 Å². The van der Waals surface area contributed by atoms with Crippen molar-refractivity contribution in [2.75, 3.05) is 0 Å². The van der Waals surface area contributed by atoms with E-state index in [4.69, 9.17) is 5.73 Å². The molecule has 2 aromatic heterocycles. The Morgan fingerprint density at radius 3 is 2.52 bits per heavy atom. The summed E-state index contributed by atoms with van der Waals surface area (Å²) in [4.78, 5) is 15.9. The molecule has 0 aliphatic heterocycles. The van der Waals surface area contributed by atoms with E-state index in [2.05, 4.69) is 15.4 Å². The first-order valence-corrected chi connectivity index (χ1v) is 6.96. The molecule has 0 saturated heterocycles. The number of hydrogen-bond acceptors (Lipinski definition) is 4. The van der Waals surface area contributed by atoms with Crippen LogP contribution in [0.2, 0.25) is 0 Å². The van der Waals surface area contributed by atoms with Crippen LogP contribution in [0.1, 0.15) is 30.3 Å². The number of pyridine rings is 1. The summed E-state index contributed by atoms with van der Waals surface area (Å²) in [5.74, 6) is 0.721. The SMILES string of the molecule is Cc1cc(C)n(-c2ccc(CNC(=O)CC(C)N)cn2)n1.Cl.Cl. The first-order chi connectivity index (χ1) is 9.95. The summed E-state index contributed by atoms with van der Waals surface area (Å²) >= 11 is 0. The van der Waals surface area contributed by atoms with Crippen LogP contribution in [0.25, 0.3) is 5.82 Å². The number of aryl methyl sites for hydroxylation is 2. The number of rotatable bonds is 5. The minimum Gasteiger partial charge on any atom is -0.352 e. The molecule has 3 N–H and O–H groups in total. The largest absolute Gasteiger partial charge is 0.352 e. The van der Waals surface area contributed by atoms with Crippen LogP contribution in [0.4, 0.5) is 0 Å². The highest BCUT2D eigenvalue weighted by molar-refractivity contribution is 5.85. The van der Waals surface area contributed by atoms with E-state index < -0.39 is 0 Å². The Morgan fingerprint density at radius 2 is 2.04 bits per heavy atom. The first kappa shape index (κ1) is 21.4. The molecule has 2 aromatic rings. The van der Waals surface area contributed by atoms with Crippen LogP contribution in [0.15, 0.2) is 24.4 Å². The molecule has 23 heavy (non-hydrogen) atoms. The molecule has 1 unspecified atom stereocenters. The van der Waals surface area contributed by atoms with Crippen molar-refractivity contribution in [2.45, 2.75) is 39.8 Å². The Labute approximate surface area is 148 Å². The van der Waals surface area contributed by atoms with Crippen LogP contribution in [-0.4, -0.2) is 26.7 Å². The van der Waals surface area contributed by atoms with Gasteiger partial charge in [0.25, 0.3) is 0 Å². The first-order valence-electron chi connectivity index (χ1n) is 6.96. The maximum Gasteiger partial charge on any atom is 0.221 e. The van der Waals surface area contributed by atoms with Crippen molar-refractivity contribution >= 4 is 30.7 Å². The van der Waals surface area contributed by atoms with Crippen molar-refractivity contribution in [2.24, 2.45) is 5.73 Å². The lowest BCUT2D eigenvalue weighted by Crippen LogP contribution is -2.29. The quantitative estimate of drug-likeness (QED) is 0.855. The Kier molecular flexibility index (Phi) is 8.82. The molecule has 0 bridgehead atoms. The van der Waals surface area contributed by atoms with Gasteiger partial charge in [0, 0.05) is 30.9 Å². The lowest BCUT2D eigenvalue weighted by molar-refractivity contribution is -0.121. The normalized spacial score (nSPS) is 11.1. The molecule has 8 heteroatoms. The number of nitrogens with one attached hydrogen (secondary N) is 1. The number of carbonyl (C=O) groups is 1. The van der Waals surface area contributed by atoms with Crippen LogP contribution < -0.4 is 11.1 Å². The number of hydrogen-bond donors (Lipinski definition) is 2. The minimum atomic E-state index is -0.128. The van der Waals surface area contributed by atoms with Crippen LogP contribution in [0.5, 0.6) is 0 Å². The molecule has 6 nitrogen and oxygen atoms in total. The summed E-state index contributed by atoms with van der Waals surface area (Å²) in [5.41, 5.74) is 8.52. The standard InChI is InChI=1S/C15H21N5O.2ClH/c1-10(16)6-15(21)18-9-13-4-5-14(17-8-13)20-12(3)7-11(2)19-20;;/h4-5,7-8,10H,6,9,16H2,1-3H3,(H,18,21);2*1H. The van der Waals surface area contributed by atoms with E-state index >= 15 is 0 Å². The summed E-state index contributed by atoms with van der Waals surface area (Å²) in [5, 5.41) is 7.21. The highest BCUT2D eigenvalue weighted by atomic mass is 35.5. The van der Waals surface area contributed by atoms with E-state index in [1.807, 2.05) is 39.0 Å². The average molecular weight is 360 g/mol. The smallest absolute Gasteiger partial charge is 0.221 e. The Hall–Kier alpha value is -1.63. The number of nitrogens with zero attached hydrogens (tertiary/aromatic N) is 3. The van der Waals surface area contributed by atoms with Gasteiger partial charge in [0.05, 0.1) is 5.69 Å². The fraction of sp³-hybridized carbons (Fsp3) is 0.400. The van der Waals surface area contributed by atoms with Gasteiger partial charge in [-0.3, -0.25) is 4.79 Å². The van der Waals surface area contributed by atoms with Gasteiger partial charge >= 0.3 is 0 Å². The molecule has 0 aromatic carbocycles. The van der Waals surface area contributed by atoms with Gasteiger partial charge in [-0.25, -0.2) is 9.67 Å². The van der Waals surface area contributed by atoms with Gasteiger partial charge in [-0.2, -0.15) is 5.10 Å². The zero-order valence-electron chi connectivity index (χ0n) is 13.4. The van der Waals surface area contributed by atoms with Crippen molar-refractivity contribution in [3.05, 3.63) is 41.3 Å². The van der Waals surface area contributed by atoms with E-state index in [1.54, 1.807) is 10.9 Å². The van der Waals surface area contributed by atoms with Gasteiger partial charge in [0.1, 0.15) is 0 Å². The highest BCUT2D eigenvalue weighted by Gasteiger charge is 2.07. The van der Waals surface area contributed by atoms with E-state index in [9.17, 15) is 4.79 Å². The molecule has 128 valence electrons. The second-order valence-corrected chi connectivity index (χ2v) is 5.32. The maximum atomic E-state index is 11.5. The molecular weight excluding hydrogens is 337 g/mol.